The van der Waals surface area contributed by atoms with Crippen molar-refractivity contribution >= 4 is 0 Å². The van der Waals surface area contributed by atoms with E-state index in [-0.39, 0.29) is 58.5 Å². The average molecular weight is 755 g/mol. The molecule has 8 N–H and O–H groups in total. The summed E-state index contributed by atoms with van der Waals surface area (Å²) in [6, 6.07) is 0. The minimum atomic E-state index is -1.45. The molecule has 304 valence electrons. The predicted molar refractivity (Wildman–Crippen MR) is 188 cm³/mol. The monoisotopic (exact) mass is 754 g/mol. The van der Waals surface area contributed by atoms with Crippen LogP contribution in [-0.2, 0) is 23.7 Å². The van der Waals surface area contributed by atoms with Crippen LogP contribution in [0.25, 0.3) is 0 Å². The molecule has 3 heterocycles. The zero-order valence-electron chi connectivity index (χ0n) is 32.6. The van der Waals surface area contributed by atoms with Crippen LogP contribution in [0.1, 0.15) is 99.8 Å². The molecule has 8 rings (SSSR count). The van der Waals surface area contributed by atoms with Gasteiger partial charge < -0.3 is 64.5 Å². The molecule has 13 heteroatoms. The highest BCUT2D eigenvalue weighted by molar-refractivity contribution is 5.33. The summed E-state index contributed by atoms with van der Waals surface area (Å²) < 4.78 is 31.6. The number of aliphatic hydroxyl groups is 8. The number of hydrogen-bond donors (Lipinski definition) is 8. The fraction of sp³-hybridized carbons (Fsp3) is 1.00. The highest BCUT2D eigenvalue weighted by atomic mass is 16.7. The second kappa shape index (κ2) is 12.5. The van der Waals surface area contributed by atoms with Crippen molar-refractivity contribution in [2.45, 2.75) is 179 Å². The minimum Gasteiger partial charge on any atom is -0.393 e. The quantitative estimate of drug-likeness (QED) is 0.180. The maximum absolute atomic E-state index is 12.2. The van der Waals surface area contributed by atoms with E-state index in [1.165, 1.54) is 0 Å². The molecule has 53 heavy (non-hydrogen) atoms. The number of aliphatic hydroxyl groups excluding tert-OH is 7. The fourth-order valence-electron chi connectivity index (χ4n) is 14.6. The van der Waals surface area contributed by atoms with Gasteiger partial charge in [0.05, 0.1) is 49.3 Å². The lowest BCUT2D eigenvalue weighted by Crippen LogP contribution is -2.64. The Kier molecular flexibility index (Phi) is 9.27. The summed E-state index contributed by atoms with van der Waals surface area (Å²) in [4.78, 5) is 0. The Bertz CT molecular complexity index is 1410. The molecule has 8 aliphatic rings. The largest absolute Gasteiger partial charge is 0.393 e. The number of rotatable bonds is 6. The molecule has 3 saturated heterocycles. The average Bonchev–Trinajstić information content (AvgIpc) is 3.44. The molecule has 0 aromatic rings. The molecule has 0 bridgehead atoms. The van der Waals surface area contributed by atoms with Gasteiger partial charge in [-0.25, -0.2) is 0 Å². The first-order chi connectivity index (χ1) is 24.6. The Hall–Kier alpha value is -0.520. The lowest BCUT2D eigenvalue weighted by atomic mass is 9.41. The first kappa shape index (κ1) is 39.3. The van der Waals surface area contributed by atoms with Crippen LogP contribution < -0.4 is 0 Å². The lowest BCUT2D eigenvalue weighted by Gasteiger charge is -2.65. The van der Waals surface area contributed by atoms with Gasteiger partial charge in [0.1, 0.15) is 36.6 Å². The van der Waals surface area contributed by atoms with Gasteiger partial charge in [0.15, 0.2) is 12.6 Å². The van der Waals surface area contributed by atoms with Crippen LogP contribution in [0.4, 0.5) is 0 Å². The van der Waals surface area contributed by atoms with E-state index in [0.29, 0.717) is 32.3 Å². The first-order valence-corrected chi connectivity index (χ1v) is 20.2. The first-order valence-electron chi connectivity index (χ1n) is 20.2. The van der Waals surface area contributed by atoms with E-state index in [9.17, 15) is 40.9 Å². The van der Waals surface area contributed by atoms with Crippen molar-refractivity contribution in [3.63, 3.8) is 0 Å². The molecular weight excluding hydrogens is 688 g/mol. The molecule has 0 aromatic heterocycles. The third kappa shape index (κ3) is 5.42. The maximum atomic E-state index is 12.2. The van der Waals surface area contributed by atoms with E-state index in [0.717, 1.165) is 25.7 Å². The van der Waals surface area contributed by atoms with Gasteiger partial charge in [-0.2, -0.15) is 0 Å². The number of ether oxygens (including phenoxy) is 5. The van der Waals surface area contributed by atoms with Gasteiger partial charge in [-0.05, 0) is 111 Å². The molecule has 2 spiro atoms. The van der Waals surface area contributed by atoms with Crippen molar-refractivity contribution in [2.24, 2.45) is 50.7 Å². The van der Waals surface area contributed by atoms with Crippen LogP contribution >= 0.6 is 0 Å². The second-order valence-electron chi connectivity index (χ2n) is 20.7. The number of hydrogen-bond acceptors (Lipinski definition) is 13. The molecule has 5 saturated carbocycles. The Morgan fingerprint density at radius 3 is 1.83 bits per heavy atom. The van der Waals surface area contributed by atoms with Crippen molar-refractivity contribution in [3.8, 4) is 0 Å². The van der Waals surface area contributed by atoms with Crippen LogP contribution in [0, 0.1) is 50.7 Å². The van der Waals surface area contributed by atoms with Gasteiger partial charge in [-0.15, -0.1) is 0 Å². The molecule has 20 atom stereocenters. The van der Waals surface area contributed by atoms with E-state index >= 15 is 0 Å². The minimum absolute atomic E-state index is 0.0153. The second-order valence-corrected chi connectivity index (χ2v) is 20.7. The van der Waals surface area contributed by atoms with Crippen LogP contribution in [0.3, 0.4) is 0 Å². The highest BCUT2D eigenvalue weighted by Gasteiger charge is 2.85. The summed E-state index contributed by atoms with van der Waals surface area (Å²) in [6.45, 7) is 15.0. The summed E-state index contributed by atoms with van der Waals surface area (Å²) in [5.41, 5.74) is -2.76. The fourth-order valence-corrected chi connectivity index (χ4v) is 14.6. The molecule has 5 aliphatic carbocycles. The van der Waals surface area contributed by atoms with Gasteiger partial charge in [-0.3, -0.25) is 0 Å². The predicted octanol–water partition coefficient (Wildman–Crippen LogP) is 1.22. The van der Waals surface area contributed by atoms with Crippen LogP contribution in [0.2, 0.25) is 0 Å². The van der Waals surface area contributed by atoms with Gasteiger partial charge in [0.25, 0.3) is 0 Å². The molecule has 3 aliphatic heterocycles. The molecule has 0 aromatic carbocycles. The Morgan fingerprint density at radius 1 is 0.642 bits per heavy atom. The Morgan fingerprint density at radius 2 is 1.25 bits per heavy atom. The lowest BCUT2D eigenvalue weighted by molar-refractivity contribution is -0.326. The van der Waals surface area contributed by atoms with Crippen LogP contribution in [0.5, 0.6) is 0 Å². The molecule has 8 fully saturated rings. The Balaban J connectivity index is 1.14. The Labute approximate surface area is 313 Å². The van der Waals surface area contributed by atoms with Crippen molar-refractivity contribution in [1.82, 2.24) is 0 Å². The zero-order chi connectivity index (χ0) is 38.5. The molecule has 13 nitrogen and oxygen atoms in total. The van der Waals surface area contributed by atoms with E-state index in [1.54, 1.807) is 0 Å². The molecule has 20 unspecified atom stereocenters. The van der Waals surface area contributed by atoms with Crippen molar-refractivity contribution in [3.05, 3.63) is 0 Å². The number of fused-ring (bicyclic) bond motifs is 2. The standard InChI is InChI=1S/C40H66O13/c1-34(2)25(53-33-29(47)27(45)22(43)17-50-33)8-9-40-18-39(40)11-10-36(5)30(38(7)13-19(15-51-38)35(3,4)48)20(41)14-37(36,6)24(39)12-23(31(34)40)52-32-28(46)26(44)21(42)16-49-32/h19-33,41-48H,8-18H2,1-7H3. The topological polar surface area (TPSA) is 208 Å². The van der Waals surface area contributed by atoms with Gasteiger partial charge in [0.2, 0.25) is 0 Å². The molecule has 0 radical (unpaired) electrons. The van der Waals surface area contributed by atoms with Crippen LogP contribution in [0.15, 0.2) is 0 Å². The van der Waals surface area contributed by atoms with Crippen molar-refractivity contribution in [1.29, 1.82) is 0 Å². The summed E-state index contributed by atoms with van der Waals surface area (Å²) in [6.07, 6.45) is -5.45. The van der Waals surface area contributed by atoms with E-state index in [1.807, 2.05) is 13.8 Å². The molecule has 0 amide bonds. The van der Waals surface area contributed by atoms with Crippen molar-refractivity contribution in [2.75, 3.05) is 19.8 Å². The van der Waals surface area contributed by atoms with E-state index in [2.05, 4.69) is 34.6 Å². The summed E-state index contributed by atoms with van der Waals surface area (Å²) in [5.74, 6) is -0.0874. The van der Waals surface area contributed by atoms with Gasteiger partial charge in [-0.1, -0.05) is 27.7 Å². The summed E-state index contributed by atoms with van der Waals surface area (Å²) in [7, 11) is 0. The molecular formula is C40H66O13. The summed E-state index contributed by atoms with van der Waals surface area (Å²) >= 11 is 0. The smallest absolute Gasteiger partial charge is 0.186 e. The van der Waals surface area contributed by atoms with E-state index in [4.69, 9.17) is 23.7 Å². The zero-order valence-corrected chi connectivity index (χ0v) is 32.6. The van der Waals surface area contributed by atoms with Crippen molar-refractivity contribution < 1.29 is 64.5 Å². The van der Waals surface area contributed by atoms with Gasteiger partial charge >= 0.3 is 0 Å². The SMILES string of the molecule is CC(C)(O)C1COC(C)(C2C(O)CC3(C)C4CC(OC5OCC(O)C(O)C5O)C5C(C)(C)C(OC6OCC(O)C(O)C6O)CCC56CC46CCC23C)C1. The maximum Gasteiger partial charge on any atom is 0.186 e. The van der Waals surface area contributed by atoms with Gasteiger partial charge in [0, 0.05) is 11.8 Å². The van der Waals surface area contributed by atoms with E-state index < -0.39 is 84.1 Å². The third-order valence-corrected chi connectivity index (χ3v) is 17.4. The normalized spacial score (nSPS) is 59.0. The summed E-state index contributed by atoms with van der Waals surface area (Å²) in [5, 5.41) is 86.5. The van der Waals surface area contributed by atoms with Crippen LogP contribution in [-0.4, -0.2) is 139 Å². The third-order valence-electron chi connectivity index (χ3n) is 17.4. The highest BCUT2D eigenvalue weighted by Crippen LogP contribution is 2.89.